The lowest BCUT2D eigenvalue weighted by Crippen LogP contribution is -2.35. The molecule has 0 bridgehead atoms. The van der Waals surface area contributed by atoms with Crippen LogP contribution in [0.1, 0.15) is 24.8 Å². The van der Waals surface area contributed by atoms with Gasteiger partial charge in [0.05, 0.1) is 0 Å². The van der Waals surface area contributed by atoms with Crippen LogP contribution < -0.4 is 10.6 Å². The highest BCUT2D eigenvalue weighted by Gasteiger charge is 2.17. The van der Waals surface area contributed by atoms with E-state index in [2.05, 4.69) is 10.6 Å². The van der Waals surface area contributed by atoms with Crippen molar-refractivity contribution in [2.75, 3.05) is 6.54 Å². The Kier molecular flexibility index (Phi) is 5.18. The Bertz CT molecular complexity index is 511. The molecule has 5 heteroatoms. The Morgan fingerprint density at radius 2 is 2.10 bits per heavy atom. The summed E-state index contributed by atoms with van der Waals surface area (Å²) in [5, 5.41) is 6.31. The van der Waals surface area contributed by atoms with Crippen molar-refractivity contribution in [3.8, 4) is 0 Å². The maximum Gasteiger partial charge on any atom is 0.244 e. The summed E-state index contributed by atoms with van der Waals surface area (Å²) < 4.78 is 0. The Morgan fingerprint density at radius 3 is 2.85 bits per heavy atom. The fourth-order valence-electron chi connectivity index (χ4n) is 2.09. The van der Waals surface area contributed by atoms with Gasteiger partial charge in [0.25, 0.3) is 0 Å². The van der Waals surface area contributed by atoms with Crippen LogP contribution in [0.3, 0.4) is 0 Å². The van der Waals surface area contributed by atoms with Crippen LogP contribution in [0.2, 0.25) is 5.02 Å². The van der Waals surface area contributed by atoms with Crippen LogP contribution in [0.4, 0.5) is 0 Å². The van der Waals surface area contributed by atoms with Gasteiger partial charge in [-0.2, -0.15) is 0 Å². The highest BCUT2D eigenvalue weighted by atomic mass is 35.5. The summed E-state index contributed by atoms with van der Waals surface area (Å²) in [6.07, 6.45) is 5.26. The van der Waals surface area contributed by atoms with E-state index in [4.69, 9.17) is 11.6 Å². The van der Waals surface area contributed by atoms with Crippen molar-refractivity contribution in [2.45, 2.75) is 25.3 Å². The van der Waals surface area contributed by atoms with Crippen LogP contribution in [-0.4, -0.2) is 24.4 Å². The first-order valence-corrected chi connectivity index (χ1v) is 7.02. The van der Waals surface area contributed by atoms with Crippen molar-refractivity contribution in [3.63, 3.8) is 0 Å². The lowest BCUT2D eigenvalue weighted by atomic mass is 10.1. The van der Waals surface area contributed by atoms with Gasteiger partial charge >= 0.3 is 0 Å². The van der Waals surface area contributed by atoms with Crippen LogP contribution >= 0.6 is 11.6 Å². The zero-order valence-corrected chi connectivity index (χ0v) is 11.8. The smallest absolute Gasteiger partial charge is 0.244 e. The molecular weight excluding hydrogens is 276 g/mol. The Balaban J connectivity index is 1.88. The molecule has 0 aliphatic carbocycles. The molecule has 0 radical (unpaired) electrons. The summed E-state index contributed by atoms with van der Waals surface area (Å²) in [4.78, 5) is 23.2. The van der Waals surface area contributed by atoms with E-state index in [-0.39, 0.29) is 17.9 Å². The monoisotopic (exact) mass is 292 g/mol. The van der Waals surface area contributed by atoms with Crippen molar-refractivity contribution in [2.24, 2.45) is 0 Å². The van der Waals surface area contributed by atoms with Crippen molar-refractivity contribution >= 4 is 29.5 Å². The van der Waals surface area contributed by atoms with Crippen LogP contribution in [0.5, 0.6) is 0 Å². The van der Waals surface area contributed by atoms with E-state index in [0.717, 1.165) is 18.4 Å². The second kappa shape index (κ2) is 7.10. The Hall–Kier alpha value is -1.81. The summed E-state index contributed by atoms with van der Waals surface area (Å²) in [6.45, 7) is 0.686. The van der Waals surface area contributed by atoms with Crippen molar-refractivity contribution in [3.05, 3.63) is 40.9 Å². The van der Waals surface area contributed by atoms with E-state index in [1.165, 1.54) is 6.08 Å². The predicted molar refractivity (Wildman–Crippen MR) is 79.3 cm³/mol. The molecule has 1 aromatic carbocycles. The van der Waals surface area contributed by atoms with E-state index < -0.39 is 0 Å². The molecule has 1 heterocycles. The molecule has 0 saturated carbocycles. The number of amides is 2. The molecule has 1 saturated heterocycles. The van der Waals surface area contributed by atoms with Gasteiger partial charge in [0.15, 0.2) is 0 Å². The lowest BCUT2D eigenvalue weighted by Gasteiger charge is -2.13. The number of rotatable bonds is 3. The minimum absolute atomic E-state index is 0.00511. The van der Waals surface area contributed by atoms with Gasteiger partial charge < -0.3 is 10.6 Å². The highest BCUT2D eigenvalue weighted by molar-refractivity contribution is 6.30. The van der Waals surface area contributed by atoms with E-state index in [1.54, 1.807) is 18.2 Å². The second-order valence-electron chi connectivity index (χ2n) is 4.79. The fourth-order valence-corrected chi connectivity index (χ4v) is 2.22. The minimum Gasteiger partial charge on any atom is -0.356 e. The molecule has 106 valence electrons. The normalized spacial score (nSPS) is 19.4. The molecule has 1 unspecified atom stereocenters. The molecule has 1 fully saturated rings. The Morgan fingerprint density at radius 1 is 1.35 bits per heavy atom. The minimum atomic E-state index is -0.181. The summed E-state index contributed by atoms with van der Waals surface area (Å²) >= 11 is 5.79. The molecule has 4 nitrogen and oxygen atoms in total. The zero-order valence-electron chi connectivity index (χ0n) is 11.1. The van der Waals surface area contributed by atoms with E-state index in [0.29, 0.717) is 18.0 Å². The number of halogens is 1. The zero-order chi connectivity index (χ0) is 14.4. The number of carbonyl (C=O) groups is 2. The molecule has 1 aromatic rings. The largest absolute Gasteiger partial charge is 0.356 e. The number of hydrogen-bond donors (Lipinski definition) is 2. The van der Waals surface area contributed by atoms with Gasteiger partial charge in [-0.05, 0) is 36.6 Å². The topological polar surface area (TPSA) is 58.2 Å². The van der Waals surface area contributed by atoms with Gasteiger partial charge in [-0.1, -0.05) is 23.7 Å². The van der Waals surface area contributed by atoms with E-state index in [9.17, 15) is 9.59 Å². The van der Waals surface area contributed by atoms with Gasteiger partial charge in [0.2, 0.25) is 11.8 Å². The van der Waals surface area contributed by atoms with Crippen molar-refractivity contribution < 1.29 is 9.59 Å². The quantitative estimate of drug-likeness (QED) is 0.839. The number of hydrogen-bond acceptors (Lipinski definition) is 2. The maximum atomic E-state index is 11.8. The van der Waals surface area contributed by atoms with Gasteiger partial charge in [0, 0.05) is 30.1 Å². The molecule has 2 N–H and O–H groups in total. The van der Waals surface area contributed by atoms with Crippen molar-refractivity contribution in [1.82, 2.24) is 10.6 Å². The number of carbonyl (C=O) groups excluding carboxylic acids is 2. The number of nitrogens with one attached hydrogen (secondary N) is 2. The first-order valence-electron chi connectivity index (χ1n) is 6.64. The molecule has 1 atom stereocenters. The third-order valence-corrected chi connectivity index (χ3v) is 3.38. The molecule has 1 aliphatic rings. The van der Waals surface area contributed by atoms with Crippen molar-refractivity contribution in [1.29, 1.82) is 0 Å². The van der Waals surface area contributed by atoms with E-state index in [1.807, 2.05) is 12.1 Å². The van der Waals surface area contributed by atoms with Crippen LogP contribution in [-0.2, 0) is 9.59 Å². The molecule has 1 aliphatic heterocycles. The van der Waals surface area contributed by atoms with Crippen LogP contribution in [0.25, 0.3) is 6.08 Å². The molecule has 2 rings (SSSR count). The predicted octanol–water partition coefficient (Wildman–Crippen LogP) is 2.14. The molecule has 0 spiro atoms. The fraction of sp³-hybridized carbons (Fsp3) is 0.333. The average molecular weight is 293 g/mol. The van der Waals surface area contributed by atoms with Crippen LogP contribution in [0.15, 0.2) is 30.3 Å². The maximum absolute atomic E-state index is 11.8. The third kappa shape index (κ3) is 4.70. The molecular formula is C15H17ClN2O2. The van der Waals surface area contributed by atoms with Gasteiger partial charge in [0.1, 0.15) is 0 Å². The lowest BCUT2D eigenvalue weighted by molar-refractivity contribution is -0.121. The highest BCUT2D eigenvalue weighted by Crippen LogP contribution is 2.11. The summed E-state index contributed by atoms with van der Waals surface area (Å²) in [5.41, 5.74) is 0.906. The molecule has 2 amide bonds. The second-order valence-corrected chi connectivity index (χ2v) is 5.22. The third-order valence-electron chi connectivity index (χ3n) is 3.13. The van der Waals surface area contributed by atoms with Gasteiger partial charge in [-0.3, -0.25) is 9.59 Å². The Labute approximate surface area is 123 Å². The SMILES string of the molecule is O=C(C=Cc1ccc(Cl)cc1)NC1CCCNC(=O)C1. The first kappa shape index (κ1) is 14.6. The van der Waals surface area contributed by atoms with Crippen LogP contribution in [0, 0.1) is 0 Å². The van der Waals surface area contributed by atoms with Gasteiger partial charge in [-0.25, -0.2) is 0 Å². The standard InChI is InChI=1S/C15H17ClN2O2/c16-12-6-3-11(4-7-12)5-8-14(19)18-13-2-1-9-17-15(20)10-13/h3-8,13H,1-2,9-10H2,(H,17,20)(H,18,19). The summed E-state index contributed by atoms with van der Waals surface area (Å²) in [7, 11) is 0. The number of benzene rings is 1. The average Bonchev–Trinajstić information content (AvgIpc) is 2.62. The molecule has 0 aromatic heterocycles. The summed E-state index contributed by atoms with van der Waals surface area (Å²) in [6, 6.07) is 7.14. The molecule has 20 heavy (non-hydrogen) atoms. The first-order chi connectivity index (χ1) is 9.63. The van der Waals surface area contributed by atoms with Gasteiger partial charge in [-0.15, -0.1) is 0 Å². The summed E-state index contributed by atoms with van der Waals surface area (Å²) in [5.74, 6) is -0.186. The van der Waals surface area contributed by atoms with E-state index >= 15 is 0 Å².